The van der Waals surface area contributed by atoms with Gasteiger partial charge in [0, 0.05) is 11.7 Å². The van der Waals surface area contributed by atoms with Crippen molar-refractivity contribution in [2.75, 3.05) is 0 Å². The molecule has 1 saturated carbocycles. The Hall–Kier alpha value is -1.82. The van der Waals surface area contributed by atoms with Crippen molar-refractivity contribution in [3.63, 3.8) is 0 Å². The zero-order valence-electron chi connectivity index (χ0n) is 12.3. The molecule has 0 aliphatic heterocycles. The maximum absolute atomic E-state index is 11.2. The third kappa shape index (κ3) is 3.50. The lowest BCUT2D eigenvalue weighted by Crippen LogP contribution is -2.06. The summed E-state index contributed by atoms with van der Waals surface area (Å²) in [6.45, 7) is 0. The van der Waals surface area contributed by atoms with Gasteiger partial charge in [-0.25, -0.2) is 9.78 Å². The molecular formula is C16H19N3O2S. The first-order chi connectivity index (χ1) is 10.7. The van der Waals surface area contributed by atoms with Gasteiger partial charge in [0.25, 0.3) is 0 Å². The highest BCUT2D eigenvalue weighted by Crippen LogP contribution is 2.31. The van der Waals surface area contributed by atoms with Crippen molar-refractivity contribution in [1.29, 1.82) is 0 Å². The summed E-state index contributed by atoms with van der Waals surface area (Å²) >= 11 is 1.47. The van der Waals surface area contributed by atoms with Gasteiger partial charge in [-0.2, -0.15) is 0 Å². The SMILES string of the molecule is O=C(O)c1ccccc1CSc1n[nH]c(C2CCCCC2)n1. The second-order valence-corrected chi connectivity index (χ2v) is 6.53. The third-order valence-corrected chi connectivity index (χ3v) is 4.97. The molecule has 116 valence electrons. The molecule has 0 amide bonds. The largest absolute Gasteiger partial charge is 0.478 e. The van der Waals surface area contributed by atoms with E-state index in [1.165, 1.54) is 43.9 Å². The molecule has 5 nitrogen and oxygen atoms in total. The minimum atomic E-state index is -0.894. The number of aromatic nitrogens is 3. The topological polar surface area (TPSA) is 78.9 Å². The number of aromatic carboxylic acids is 1. The summed E-state index contributed by atoms with van der Waals surface area (Å²) in [6, 6.07) is 7.06. The first-order valence-electron chi connectivity index (χ1n) is 7.60. The molecule has 1 aliphatic rings. The number of thioether (sulfide) groups is 1. The highest BCUT2D eigenvalue weighted by atomic mass is 32.2. The molecule has 1 aromatic carbocycles. The van der Waals surface area contributed by atoms with Crippen molar-refractivity contribution in [2.45, 2.75) is 48.9 Å². The molecule has 0 spiro atoms. The van der Waals surface area contributed by atoms with E-state index in [0.717, 1.165) is 11.4 Å². The van der Waals surface area contributed by atoms with E-state index in [0.29, 0.717) is 22.4 Å². The van der Waals surface area contributed by atoms with E-state index in [2.05, 4.69) is 15.2 Å². The summed E-state index contributed by atoms with van der Waals surface area (Å²) in [6.07, 6.45) is 6.21. The van der Waals surface area contributed by atoms with Crippen LogP contribution >= 0.6 is 11.8 Å². The highest BCUT2D eigenvalue weighted by molar-refractivity contribution is 7.98. The molecule has 6 heteroatoms. The maximum Gasteiger partial charge on any atom is 0.335 e. The van der Waals surface area contributed by atoms with Crippen LogP contribution in [0.15, 0.2) is 29.4 Å². The predicted molar refractivity (Wildman–Crippen MR) is 85.2 cm³/mol. The van der Waals surface area contributed by atoms with Crippen molar-refractivity contribution in [3.05, 3.63) is 41.2 Å². The minimum Gasteiger partial charge on any atom is -0.478 e. The number of nitrogens with zero attached hydrogens (tertiary/aromatic N) is 2. The summed E-state index contributed by atoms with van der Waals surface area (Å²) < 4.78 is 0. The van der Waals surface area contributed by atoms with Crippen molar-refractivity contribution >= 4 is 17.7 Å². The average Bonchev–Trinajstić information content (AvgIpc) is 3.03. The van der Waals surface area contributed by atoms with Gasteiger partial charge in [0.05, 0.1) is 5.56 Å². The molecule has 2 aromatic rings. The summed E-state index contributed by atoms with van der Waals surface area (Å²) in [5.74, 6) is 1.15. The lowest BCUT2D eigenvalue weighted by Gasteiger charge is -2.18. The van der Waals surface area contributed by atoms with E-state index in [1.807, 2.05) is 12.1 Å². The Labute approximate surface area is 133 Å². The Morgan fingerprint density at radius 1 is 1.27 bits per heavy atom. The quantitative estimate of drug-likeness (QED) is 0.819. The third-order valence-electron chi connectivity index (χ3n) is 4.08. The Balaban J connectivity index is 1.65. The molecule has 2 N–H and O–H groups in total. The number of carboxylic acid groups (broad SMARTS) is 1. The van der Waals surface area contributed by atoms with E-state index in [1.54, 1.807) is 12.1 Å². The number of carboxylic acids is 1. The number of hydrogen-bond acceptors (Lipinski definition) is 4. The fourth-order valence-corrected chi connectivity index (χ4v) is 3.69. The summed E-state index contributed by atoms with van der Waals surface area (Å²) in [5, 5.41) is 17.2. The van der Waals surface area contributed by atoms with Gasteiger partial charge in [0.15, 0.2) is 0 Å². The average molecular weight is 317 g/mol. The summed E-state index contributed by atoms with van der Waals surface area (Å²) in [4.78, 5) is 15.8. The van der Waals surface area contributed by atoms with E-state index in [4.69, 9.17) is 0 Å². The molecule has 0 saturated heterocycles. The Morgan fingerprint density at radius 2 is 2.05 bits per heavy atom. The van der Waals surface area contributed by atoms with Crippen LogP contribution in [0.4, 0.5) is 0 Å². The van der Waals surface area contributed by atoms with E-state index >= 15 is 0 Å². The zero-order valence-corrected chi connectivity index (χ0v) is 13.1. The molecule has 1 heterocycles. The van der Waals surface area contributed by atoms with E-state index in [9.17, 15) is 9.90 Å². The zero-order chi connectivity index (χ0) is 15.4. The van der Waals surface area contributed by atoms with Crippen molar-refractivity contribution in [2.24, 2.45) is 0 Å². The molecule has 1 aromatic heterocycles. The first kappa shape index (κ1) is 15.1. The molecule has 1 fully saturated rings. The monoisotopic (exact) mass is 317 g/mol. The van der Waals surface area contributed by atoms with Crippen LogP contribution in [0, 0.1) is 0 Å². The van der Waals surface area contributed by atoms with Gasteiger partial charge in [-0.3, -0.25) is 5.10 Å². The van der Waals surface area contributed by atoms with Crippen molar-refractivity contribution in [3.8, 4) is 0 Å². The van der Waals surface area contributed by atoms with Gasteiger partial charge >= 0.3 is 5.97 Å². The molecule has 0 atom stereocenters. The van der Waals surface area contributed by atoms with Gasteiger partial charge in [-0.05, 0) is 24.5 Å². The van der Waals surface area contributed by atoms with Gasteiger partial charge in [0.1, 0.15) is 5.82 Å². The minimum absolute atomic E-state index is 0.345. The molecule has 3 rings (SSSR count). The normalized spacial score (nSPS) is 15.8. The molecular weight excluding hydrogens is 298 g/mol. The van der Waals surface area contributed by atoms with Crippen LogP contribution in [0.5, 0.6) is 0 Å². The molecule has 0 unspecified atom stereocenters. The number of rotatable bonds is 5. The lowest BCUT2D eigenvalue weighted by molar-refractivity contribution is 0.0696. The first-order valence-corrected chi connectivity index (χ1v) is 8.59. The number of hydrogen-bond donors (Lipinski definition) is 2. The van der Waals surface area contributed by atoms with Gasteiger partial charge < -0.3 is 5.11 Å². The second-order valence-electron chi connectivity index (χ2n) is 5.59. The fourth-order valence-electron chi connectivity index (χ4n) is 2.88. The number of benzene rings is 1. The standard InChI is InChI=1S/C16H19N3O2S/c20-15(21)13-9-5-4-8-12(13)10-22-16-17-14(18-19-16)11-6-2-1-3-7-11/h4-5,8-9,11H,1-3,6-7,10H2,(H,20,21)(H,17,18,19). The summed E-state index contributed by atoms with van der Waals surface area (Å²) in [5.41, 5.74) is 1.14. The van der Waals surface area contributed by atoms with Gasteiger partial charge in [-0.15, -0.1) is 5.10 Å². The molecule has 1 aliphatic carbocycles. The lowest BCUT2D eigenvalue weighted by atomic mass is 9.89. The van der Waals surface area contributed by atoms with Crippen LogP contribution < -0.4 is 0 Å². The fraction of sp³-hybridized carbons (Fsp3) is 0.438. The van der Waals surface area contributed by atoms with Gasteiger partial charge in [0.2, 0.25) is 5.16 Å². The molecule has 22 heavy (non-hydrogen) atoms. The second kappa shape index (κ2) is 6.96. The molecule has 0 bridgehead atoms. The summed E-state index contributed by atoms with van der Waals surface area (Å²) in [7, 11) is 0. The Morgan fingerprint density at radius 3 is 2.82 bits per heavy atom. The predicted octanol–water partition coefficient (Wildman–Crippen LogP) is 3.84. The number of nitrogens with one attached hydrogen (secondary N) is 1. The van der Waals surface area contributed by atoms with Crippen LogP contribution in [0.2, 0.25) is 0 Å². The Kier molecular flexibility index (Phi) is 4.77. The number of aromatic amines is 1. The van der Waals surface area contributed by atoms with Crippen LogP contribution in [0.25, 0.3) is 0 Å². The van der Waals surface area contributed by atoms with Crippen LogP contribution in [-0.2, 0) is 5.75 Å². The number of H-pyrrole nitrogens is 1. The van der Waals surface area contributed by atoms with Crippen LogP contribution in [0.1, 0.15) is 59.8 Å². The van der Waals surface area contributed by atoms with Crippen LogP contribution in [0.3, 0.4) is 0 Å². The van der Waals surface area contributed by atoms with E-state index < -0.39 is 5.97 Å². The Bertz CT molecular complexity index is 650. The smallest absolute Gasteiger partial charge is 0.335 e. The van der Waals surface area contributed by atoms with Gasteiger partial charge in [-0.1, -0.05) is 49.2 Å². The molecule has 0 radical (unpaired) electrons. The van der Waals surface area contributed by atoms with Crippen molar-refractivity contribution < 1.29 is 9.90 Å². The van der Waals surface area contributed by atoms with E-state index in [-0.39, 0.29) is 0 Å². The highest BCUT2D eigenvalue weighted by Gasteiger charge is 2.19. The maximum atomic E-state index is 11.2. The van der Waals surface area contributed by atoms with Crippen molar-refractivity contribution in [1.82, 2.24) is 15.2 Å². The number of carbonyl (C=O) groups is 1. The van der Waals surface area contributed by atoms with Crippen LogP contribution in [-0.4, -0.2) is 26.3 Å².